The summed E-state index contributed by atoms with van der Waals surface area (Å²) in [5, 5.41) is 7.56. The van der Waals surface area contributed by atoms with Crippen LogP contribution in [0, 0.1) is 0 Å². The maximum Gasteiger partial charge on any atom is 0.261 e. The molecule has 0 aliphatic heterocycles. The van der Waals surface area contributed by atoms with Gasteiger partial charge in [-0.3, -0.25) is 9.24 Å². The molecule has 1 amide bonds. The minimum absolute atomic E-state index is 0.0166. The molecule has 0 aliphatic carbocycles. The summed E-state index contributed by atoms with van der Waals surface area (Å²) in [6, 6.07) is 54.4. The van der Waals surface area contributed by atoms with Crippen LogP contribution in [-0.4, -0.2) is 40.7 Å². The van der Waals surface area contributed by atoms with Gasteiger partial charge in [-0.25, -0.2) is 0 Å². The van der Waals surface area contributed by atoms with Gasteiger partial charge in [-0.2, -0.15) is 0 Å². The van der Waals surface area contributed by atoms with E-state index in [2.05, 4.69) is 131 Å². The van der Waals surface area contributed by atoms with Crippen LogP contribution in [0.15, 0.2) is 127 Å². The van der Waals surface area contributed by atoms with Gasteiger partial charge in [0.05, 0.1) is 46.5 Å². The lowest BCUT2D eigenvalue weighted by atomic mass is 10.2. The van der Waals surface area contributed by atoms with Gasteiger partial charge in [0, 0.05) is 26.8 Å². The van der Waals surface area contributed by atoms with Crippen LogP contribution in [0.1, 0.15) is 129 Å². The second-order valence-electron chi connectivity index (χ2n) is 18.2. The number of ether oxygens (including phenoxy) is 2. The standard InChI is InChI=1S/C57H81NO3P2Si2/c1-9-15-42-64(43-16-10-2,44-17-11-3)51-38-34-49(35-39-51)62(55-32-26-24-30-53(55)60-7)58(57(59)48-28-22-21-23-29-48)63(56-33-27-25-31-54(56)61-8)50-36-40-52(41-37-50)65(45-18-12-4,46-19-13-5)47-20-14-6/h21-41H,9-20,42-47H2,1-8H3. The van der Waals surface area contributed by atoms with E-state index >= 15 is 4.79 Å². The van der Waals surface area contributed by atoms with Crippen molar-refractivity contribution in [2.45, 2.75) is 155 Å². The lowest BCUT2D eigenvalue weighted by Crippen LogP contribution is -2.48. The zero-order chi connectivity index (χ0) is 46.5. The molecule has 0 saturated heterocycles. The van der Waals surface area contributed by atoms with E-state index in [1.54, 1.807) is 24.6 Å². The minimum atomic E-state index is -1.78. The van der Waals surface area contributed by atoms with Crippen LogP contribution >= 0.6 is 16.1 Å². The number of hydrogen-bond acceptors (Lipinski definition) is 3. The summed E-state index contributed by atoms with van der Waals surface area (Å²) >= 11 is 0. The zero-order valence-corrected chi connectivity index (χ0v) is 45.2. The molecule has 0 radical (unpaired) electrons. The molecule has 0 spiro atoms. The molecular formula is C57H81NO3P2Si2. The first-order valence-corrected chi connectivity index (χ1v) is 33.1. The molecule has 2 unspecified atom stereocenters. The van der Waals surface area contributed by atoms with Crippen LogP contribution in [0.2, 0.25) is 36.3 Å². The summed E-state index contributed by atoms with van der Waals surface area (Å²) in [6.07, 6.45) is 15.1. The summed E-state index contributed by atoms with van der Waals surface area (Å²) in [5.41, 5.74) is 0.681. The average molecular weight is 946 g/mol. The highest BCUT2D eigenvalue weighted by atomic mass is 31.2. The number of rotatable bonds is 29. The Morgan fingerprint density at radius 3 is 1.05 bits per heavy atom. The van der Waals surface area contributed by atoms with E-state index in [1.165, 1.54) is 113 Å². The van der Waals surface area contributed by atoms with Crippen molar-refractivity contribution in [3.8, 4) is 11.5 Å². The number of nitrogens with zero attached hydrogens (tertiary/aromatic N) is 1. The van der Waals surface area contributed by atoms with Crippen molar-refractivity contribution >= 4 is 69.8 Å². The quantitative estimate of drug-likeness (QED) is 0.0354. The number of amides is 1. The Morgan fingerprint density at radius 1 is 0.431 bits per heavy atom. The fourth-order valence-electron chi connectivity index (χ4n) is 9.90. The normalized spacial score (nSPS) is 12.7. The van der Waals surface area contributed by atoms with E-state index in [0.29, 0.717) is 5.56 Å². The summed E-state index contributed by atoms with van der Waals surface area (Å²) in [5.74, 6) is 1.62. The van der Waals surface area contributed by atoms with Crippen LogP contribution in [0.4, 0.5) is 0 Å². The van der Waals surface area contributed by atoms with E-state index in [1.807, 2.05) is 42.5 Å². The highest BCUT2D eigenvalue weighted by Crippen LogP contribution is 2.57. The van der Waals surface area contributed by atoms with Gasteiger partial charge in [-0.1, -0.05) is 256 Å². The molecule has 0 aromatic heterocycles. The van der Waals surface area contributed by atoms with Gasteiger partial charge in [0.2, 0.25) is 0 Å². The number of hydrogen-bond donors (Lipinski definition) is 0. The number of carbonyl (C=O) groups is 1. The maximum atomic E-state index is 16.0. The summed E-state index contributed by atoms with van der Waals surface area (Å²) in [6.45, 7) is 14.1. The van der Waals surface area contributed by atoms with Crippen molar-refractivity contribution in [2.24, 2.45) is 0 Å². The van der Waals surface area contributed by atoms with Gasteiger partial charge in [0.15, 0.2) is 0 Å². The maximum absolute atomic E-state index is 16.0. The summed E-state index contributed by atoms with van der Waals surface area (Å²) in [7, 11) is -3.01. The third-order valence-electron chi connectivity index (χ3n) is 13.7. The number of unbranched alkanes of at least 4 members (excludes halogenated alkanes) is 6. The predicted molar refractivity (Wildman–Crippen MR) is 293 cm³/mol. The van der Waals surface area contributed by atoms with Gasteiger partial charge in [0.1, 0.15) is 11.5 Å². The molecule has 0 bridgehead atoms. The third kappa shape index (κ3) is 13.3. The third-order valence-corrected chi connectivity index (χ3v) is 30.1. The Kier molecular flexibility index (Phi) is 22.0. The lowest BCUT2D eigenvalue weighted by molar-refractivity contribution is 0.0928. The van der Waals surface area contributed by atoms with Crippen LogP contribution in [0.25, 0.3) is 0 Å². The first-order chi connectivity index (χ1) is 31.8. The SMILES string of the molecule is CCCC[Si](CCCC)(CCCC)c1ccc(P(c2ccccc2OC)N(C(=O)c2ccccc2)P(c2ccc([Si](CCCC)(CCCC)CCCC)cc2)c2ccccc2OC)cc1. The minimum Gasteiger partial charge on any atom is -0.496 e. The Labute approximate surface area is 400 Å². The van der Waals surface area contributed by atoms with E-state index < -0.39 is 32.3 Å². The molecule has 350 valence electrons. The molecule has 8 heteroatoms. The number of para-hydroxylation sites is 2. The second-order valence-corrected chi connectivity index (χ2v) is 31.8. The van der Waals surface area contributed by atoms with Gasteiger partial charge in [-0.15, -0.1) is 0 Å². The highest BCUT2D eigenvalue weighted by Gasteiger charge is 2.40. The number of carbonyl (C=O) groups excluding carboxylic acids is 1. The van der Waals surface area contributed by atoms with Crippen LogP contribution in [-0.2, 0) is 0 Å². The molecule has 0 saturated carbocycles. The molecule has 2 atom stereocenters. The molecule has 0 aliphatic rings. The molecule has 65 heavy (non-hydrogen) atoms. The molecule has 5 aromatic rings. The Hall–Kier alpha value is -3.54. The number of benzene rings is 5. The van der Waals surface area contributed by atoms with Crippen LogP contribution in [0.3, 0.4) is 0 Å². The highest BCUT2D eigenvalue weighted by molar-refractivity contribution is 7.85. The van der Waals surface area contributed by atoms with E-state index in [0.717, 1.165) is 32.7 Å². The van der Waals surface area contributed by atoms with E-state index in [-0.39, 0.29) is 5.91 Å². The van der Waals surface area contributed by atoms with Crippen LogP contribution < -0.4 is 41.1 Å². The fourth-order valence-corrected chi connectivity index (χ4v) is 27.0. The second kappa shape index (κ2) is 27.3. The fraction of sp³-hybridized carbons (Fsp3) is 0.456. The largest absolute Gasteiger partial charge is 0.496 e. The van der Waals surface area contributed by atoms with Gasteiger partial charge < -0.3 is 9.47 Å². The smallest absolute Gasteiger partial charge is 0.261 e. The first kappa shape index (κ1) is 52.4. The topological polar surface area (TPSA) is 38.8 Å². The summed E-state index contributed by atoms with van der Waals surface area (Å²) < 4.78 is 14.8. The molecule has 0 N–H and O–H groups in total. The lowest BCUT2D eigenvalue weighted by Gasteiger charge is -2.40. The Bertz CT molecular complexity index is 1960. The molecule has 5 aromatic carbocycles. The molecule has 4 nitrogen and oxygen atoms in total. The van der Waals surface area contributed by atoms with Crippen molar-refractivity contribution in [3.63, 3.8) is 0 Å². The van der Waals surface area contributed by atoms with Crippen molar-refractivity contribution in [1.29, 1.82) is 0 Å². The Balaban J connectivity index is 1.83. The molecule has 0 heterocycles. The van der Waals surface area contributed by atoms with Crippen molar-refractivity contribution < 1.29 is 14.3 Å². The van der Waals surface area contributed by atoms with Crippen molar-refractivity contribution in [2.75, 3.05) is 14.2 Å². The van der Waals surface area contributed by atoms with Crippen molar-refractivity contribution in [1.82, 2.24) is 4.44 Å². The molecular weight excluding hydrogens is 865 g/mol. The average Bonchev–Trinajstić information content (AvgIpc) is 3.36. The molecule has 5 rings (SSSR count). The zero-order valence-electron chi connectivity index (χ0n) is 41.4. The Morgan fingerprint density at radius 2 is 0.738 bits per heavy atom. The first-order valence-electron chi connectivity index (χ1n) is 25.3. The summed E-state index contributed by atoms with van der Waals surface area (Å²) in [4.78, 5) is 16.0. The molecule has 0 fully saturated rings. The van der Waals surface area contributed by atoms with E-state index in [4.69, 9.17) is 9.47 Å². The van der Waals surface area contributed by atoms with Crippen LogP contribution in [0.5, 0.6) is 11.5 Å². The van der Waals surface area contributed by atoms with Gasteiger partial charge in [0.25, 0.3) is 5.91 Å². The van der Waals surface area contributed by atoms with E-state index in [9.17, 15) is 0 Å². The predicted octanol–water partition coefficient (Wildman–Crippen LogP) is 14.4. The van der Waals surface area contributed by atoms with Gasteiger partial charge in [-0.05, 0) is 36.4 Å². The monoisotopic (exact) mass is 946 g/mol. The van der Waals surface area contributed by atoms with Gasteiger partial charge >= 0.3 is 0 Å². The number of methoxy groups -OCH3 is 2. The van der Waals surface area contributed by atoms with Crippen molar-refractivity contribution in [3.05, 3.63) is 133 Å².